The van der Waals surface area contributed by atoms with E-state index in [1.54, 1.807) is 12.1 Å². The fourth-order valence-corrected chi connectivity index (χ4v) is 1.69. The Bertz CT molecular complexity index is 385. The molecule has 0 saturated heterocycles. The monoisotopic (exact) mass is 253 g/mol. The van der Waals surface area contributed by atoms with Gasteiger partial charge in [-0.15, -0.1) is 0 Å². The molecule has 0 heterocycles. The van der Waals surface area contributed by atoms with Gasteiger partial charge in [-0.3, -0.25) is 0 Å². The summed E-state index contributed by atoms with van der Waals surface area (Å²) in [7, 11) is 0. The molecule has 0 fully saturated rings. The van der Waals surface area contributed by atoms with Crippen LogP contribution >= 0.6 is 0 Å². The van der Waals surface area contributed by atoms with E-state index in [4.69, 9.17) is 5.11 Å². The summed E-state index contributed by atoms with van der Waals surface area (Å²) < 4.78 is 0. The third-order valence-electron chi connectivity index (χ3n) is 2.73. The summed E-state index contributed by atoms with van der Waals surface area (Å²) in [4.78, 5) is 0. The van der Waals surface area contributed by atoms with Crippen molar-refractivity contribution >= 4 is 0 Å². The second kappa shape index (κ2) is 6.18. The van der Waals surface area contributed by atoms with Crippen molar-refractivity contribution in [2.75, 3.05) is 6.54 Å². The smallest absolute Gasteiger partial charge is 0.121 e. The van der Waals surface area contributed by atoms with E-state index in [1.165, 1.54) is 6.07 Å². The molecule has 0 radical (unpaired) electrons. The number of aliphatic hydroxyl groups is 2. The molecule has 1 unspecified atom stereocenters. The Labute approximate surface area is 108 Å². The first-order chi connectivity index (χ1) is 8.33. The van der Waals surface area contributed by atoms with Crippen LogP contribution in [-0.4, -0.2) is 27.4 Å². The highest BCUT2D eigenvalue weighted by molar-refractivity contribution is 5.36. The van der Waals surface area contributed by atoms with Gasteiger partial charge in [-0.1, -0.05) is 6.07 Å². The van der Waals surface area contributed by atoms with Crippen LogP contribution in [0.3, 0.4) is 0 Å². The van der Waals surface area contributed by atoms with Gasteiger partial charge in [0.15, 0.2) is 0 Å². The van der Waals surface area contributed by atoms with Crippen LogP contribution in [0.1, 0.15) is 44.4 Å². The topological polar surface area (TPSA) is 72.7 Å². The minimum Gasteiger partial charge on any atom is -0.508 e. The molecule has 4 nitrogen and oxygen atoms in total. The van der Waals surface area contributed by atoms with Crippen LogP contribution in [-0.2, 0) is 6.61 Å². The lowest BCUT2D eigenvalue weighted by Gasteiger charge is -2.22. The predicted octanol–water partition coefficient (Wildman–Crippen LogP) is 1.70. The van der Waals surface area contributed by atoms with Gasteiger partial charge < -0.3 is 20.6 Å². The molecule has 102 valence electrons. The SMILES string of the molecule is CC(C)(C)NCCC(O)c1ccc(O)c(CO)c1. The molecule has 0 aliphatic heterocycles. The second-order valence-electron chi connectivity index (χ2n) is 5.53. The van der Waals surface area contributed by atoms with Crippen LogP contribution in [0.25, 0.3) is 0 Å². The summed E-state index contributed by atoms with van der Waals surface area (Å²) in [6.07, 6.45) is -0.00171. The van der Waals surface area contributed by atoms with E-state index in [-0.39, 0.29) is 17.9 Å². The minimum atomic E-state index is -0.592. The number of phenols is 1. The summed E-state index contributed by atoms with van der Waals surface area (Å²) >= 11 is 0. The zero-order valence-corrected chi connectivity index (χ0v) is 11.3. The molecule has 0 aromatic heterocycles. The van der Waals surface area contributed by atoms with Crippen molar-refractivity contribution in [1.82, 2.24) is 5.32 Å². The summed E-state index contributed by atoms with van der Waals surface area (Å²) in [6.45, 7) is 6.70. The third-order valence-corrected chi connectivity index (χ3v) is 2.73. The van der Waals surface area contributed by atoms with Crippen LogP contribution in [0.5, 0.6) is 5.75 Å². The van der Waals surface area contributed by atoms with Crippen molar-refractivity contribution in [3.05, 3.63) is 29.3 Å². The molecule has 0 aliphatic rings. The van der Waals surface area contributed by atoms with Crippen LogP contribution in [0.2, 0.25) is 0 Å². The van der Waals surface area contributed by atoms with E-state index < -0.39 is 6.10 Å². The first-order valence-corrected chi connectivity index (χ1v) is 6.19. The van der Waals surface area contributed by atoms with Crippen LogP contribution in [0, 0.1) is 0 Å². The maximum Gasteiger partial charge on any atom is 0.121 e. The molecule has 1 rings (SSSR count). The number of aliphatic hydroxyl groups excluding tert-OH is 2. The molecule has 0 bridgehead atoms. The van der Waals surface area contributed by atoms with E-state index in [1.807, 2.05) is 0 Å². The molecule has 1 aromatic carbocycles. The quantitative estimate of drug-likeness (QED) is 0.644. The maximum absolute atomic E-state index is 10.0. The lowest BCUT2D eigenvalue weighted by atomic mass is 10.0. The highest BCUT2D eigenvalue weighted by Crippen LogP contribution is 2.24. The Hall–Kier alpha value is -1.10. The van der Waals surface area contributed by atoms with Gasteiger partial charge >= 0.3 is 0 Å². The zero-order valence-electron chi connectivity index (χ0n) is 11.3. The van der Waals surface area contributed by atoms with Gasteiger partial charge in [-0.25, -0.2) is 0 Å². The van der Waals surface area contributed by atoms with E-state index in [0.29, 0.717) is 24.1 Å². The fraction of sp³-hybridized carbons (Fsp3) is 0.571. The van der Waals surface area contributed by atoms with Gasteiger partial charge in [0.2, 0.25) is 0 Å². The molecule has 0 amide bonds. The zero-order chi connectivity index (χ0) is 13.8. The third kappa shape index (κ3) is 4.64. The van der Waals surface area contributed by atoms with Gasteiger partial charge in [0.1, 0.15) is 5.75 Å². The van der Waals surface area contributed by atoms with E-state index >= 15 is 0 Å². The Kier molecular flexibility index (Phi) is 5.14. The van der Waals surface area contributed by atoms with Gasteiger partial charge in [0.25, 0.3) is 0 Å². The first-order valence-electron chi connectivity index (χ1n) is 6.19. The summed E-state index contributed by atoms with van der Waals surface area (Å²) in [5.74, 6) is 0.0567. The number of benzene rings is 1. The van der Waals surface area contributed by atoms with Crippen molar-refractivity contribution in [3.8, 4) is 5.75 Å². The summed E-state index contributed by atoms with van der Waals surface area (Å²) in [5.41, 5.74) is 1.19. The molecular weight excluding hydrogens is 230 g/mol. The largest absolute Gasteiger partial charge is 0.508 e. The number of hydrogen-bond acceptors (Lipinski definition) is 4. The summed E-state index contributed by atoms with van der Waals surface area (Å²) in [5, 5.41) is 31.8. The number of rotatable bonds is 5. The average molecular weight is 253 g/mol. The van der Waals surface area contributed by atoms with Crippen molar-refractivity contribution in [3.63, 3.8) is 0 Å². The molecule has 4 N–H and O–H groups in total. The van der Waals surface area contributed by atoms with Gasteiger partial charge in [0, 0.05) is 11.1 Å². The van der Waals surface area contributed by atoms with E-state index in [9.17, 15) is 10.2 Å². The lowest BCUT2D eigenvalue weighted by molar-refractivity contribution is 0.163. The number of nitrogens with one attached hydrogen (secondary N) is 1. The lowest BCUT2D eigenvalue weighted by Crippen LogP contribution is -2.36. The Morgan fingerprint density at radius 2 is 1.94 bits per heavy atom. The van der Waals surface area contributed by atoms with E-state index in [0.717, 1.165) is 0 Å². The maximum atomic E-state index is 10.0. The van der Waals surface area contributed by atoms with Gasteiger partial charge in [0.05, 0.1) is 12.7 Å². The molecule has 1 atom stereocenters. The Morgan fingerprint density at radius 3 is 2.50 bits per heavy atom. The van der Waals surface area contributed by atoms with Crippen molar-refractivity contribution < 1.29 is 15.3 Å². The molecule has 4 heteroatoms. The second-order valence-corrected chi connectivity index (χ2v) is 5.53. The first kappa shape index (κ1) is 15.0. The highest BCUT2D eigenvalue weighted by atomic mass is 16.3. The van der Waals surface area contributed by atoms with Crippen molar-refractivity contribution in [2.24, 2.45) is 0 Å². The normalized spacial score (nSPS) is 13.6. The number of hydrogen-bond donors (Lipinski definition) is 4. The standard InChI is InChI=1S/C14H23NO3/c1-14(2,3)15-7-6-13(18)10-4-5-12(17)11(8-10)9-16/h4-5,8,13,15-18H,6-7,9H2,1-3H3. The fourth-order valence-electron chi connectivity index (χ4n) is 1.69. The van der Waals surface area contributed by atoms with Crippen LogP contribution < -0.4 is 5.32 Å². The summed E-state index contributed by atoms with van der Waals surface area (Å²) in [6, 6.07) is 4.81. The van der Waals surface area contributed by atoms with Crippen molar-refractivity contribution in [1.29, 1.82) is 0 Å². The molecule has 0 saturated carbocycles. The van der Waals surface area contributed by atoms with Gasteiger partial charge in [-0.05, 0) is 51.4 Å². The highest BCUT2D eigenvalue weighted by Gasteiger charge is 2.13. The predicted molar refractivity (Wildman–Crippen MR) is 71.4 cm³/mol. The number of aromatic hydroxyl groups is 1. The van der Waals surface area contributed by atoms with Crippen LogP contribution in [0.4, 0.5) is 0 Å². The molecule has 18 heavy (non-hydrogen) atoms. The average Bonchev–Trinajstić information content (AvgIpc) is 2.27. The van der Waals surface area contributed by atoms with E-state index in [2.05, 4.69) is 26.1 Å². The molecule has 0 spiro atoms. The Balaban J connectivity index is 2.59. The van der Waals surface area contributed by atoms with Crippen molar-refractivity contribution in [2.45, 2.75) is 45.4 Å². The molecular formula is C14H23NO3. The Morgan fingerprint density at radius 1 is 1.28 bits per heavy atom. The van der Waals surface area contributed by atoms with Gasteiger partial charge in [-0.2, -0.15) is 0 Å². The minimum absolute atomic E-state index is 0.0327. The molecule has 1 aromatic rings. The van der Waals surface area contributed by atoms with Crippen LogP contribution in [0.15, 0.2) is 18.2 Å². The molecule has 0 aliphatic carbocycles.